The van der Waals surface area contributed by atoms with E-state index in [4.69, 9.17) is 0 Å². The first-order valence-corrected chi connectivity index (χ1v) is 8.14. The predicted octanol–water partition coefficient (Wildman–Crippen LogP) is 2.11. The van der Waals surface area contributed by atoms with Crippen LogP contribution in [0.2, 0.25) is 0 Å². The van der Waals surface area contributed by atoms with Crippen LogP contribution < -0.4 is 10.2 Å². The molecule has 21 heavy (non-hydrogen) atoms. The minimum atomic E-state index is -0.0553. The van der Waals surface area contributed by atoms with E-state index >= 15 is 0 Å². The average Bonchev–Trinajstić information content (AvgIpc) is 3.20. The van der Waals surface area contributed by atoms with Crippen molar-refractivity contribution < 1.29 is 4.79 Å². The van der Waals surface area contributed by atoms with Gasteiger partial charge in [-0.1, -0.05) is 0 Å². The zero-order valence-corrected chi connectivity index (χ0v) is 12.6. The zero-order chi connectivity index (χ0) is 14.5. The van der Waals surface area contributed by atoms with Gasteiger partial charge < -0.3 is 10.2 Å². The number of nitrogens with one attached hydrogen (secondary N) is 1. The molecule has 5 nitrogen and oxygen atoms in total. The number of hydrogen-bond acceptors (Lipinski definition) is 5. The van der Waals surface area contributed by atoms with Gasteiger partial charge in [0.2, 0.25) is 0 Å². The molecule has 0 saturated carbocycles. The van der Waals surface area contributed by atoms with Crippen LogP contribution in [0.25, 0.3) is 0 Å². The largest absolute Gasteiger partial charge is 0.356 e. The van der Waals surface area contributed by atoms with E-state index < -0.39 is 0 Å². The fourth-order valence-electron chi connectivity index (χ4n) is 2.52. The number of thiazole rings is 1. The Balaban J connectivity index is 1.63. The highest BCUT2D eigenvalue weighted by molar-refractivity contribution is 7.07. The molecule has 0 bridgehead atoms. The van der Waals surface area contributed by atoms with Crippen LogP contribution in [0.5, 0.6) is 0 Å². The summed E-state index contributed by atoms with van der Waals surface area (Å²) in [6.07, 6.45) is 4.84. The quantitative estimate of drug-likeness (QED) is 0.919. The summed E-state index contributed by atoms with van der Waals surface area (Å²) in [5.41, 5.74) is 3.49. The van der Waals surface area contributed by atoms with Crippen molar-refractivity contribution in [1.82, 2.24) is 15.3 Å². The highest BCUT2D eigenvalue weighted by Crippen LogP contribution is 2.21. The lowest BCUT2D eigenvalue weighted by Crippen LogP contribution is -2.29. The molecule has 0 spiro atoms. The molecule has 110 valence electrons. The van der Waals surface area contributed by atoms with E-state index in [0.29, 0.717) is 12.1 Å². The van der Waals surface area contributed by atoms with Gasteiger partial charge in [-0.25, -0.2) is 9.97 Å². The molecule has 3 rings (SSSR count). The number of hydrogen-bond donors (Lipinski definition) is 1. The first-order chi connectivity index (χ1) is 10.3. The lowest BCUT2D eigenvalue weighted by atomic mass is 10.2. The Labute approximate surface area is 128 Å². The molecule has 6 heteroatoms. The molecule has 1 N–H and O–H groups in total. The van der Waals surface area contributed by atoms with Crippen molar-refractivity contribution in [3.63, 3.8) is 0 Å². The van der Waals surface area contributed by atoms with Gasteiger partial charge in [0.05, 0.1) is 16.8 Å². The van der Waals surface area contributed by atoms with Crippen LogP contribution in [0.3, 0.4) is 0 Å². The zero-order valence-electron chi connectivity index (χ0n) is 11.8. The fraction of sp³-hybridized carbons (Fsp3) is 0.400. The van der Waals surface area contributed by atoms with Gasteiger partial charge in [0.15, 0.2) is 0 Å². The molecule has 0 aromatic carbocycles. The lowest BCUT2D eigenvalue weighted by Gasteiger charge is -2.19. The number of carbonyl (C=O) groups is 1. The van der Waals surface area contributed by atoms with Gasteiger partial charge in [-0.05, 0) is 25.0 Å². The second-order valence-corrected chi connectivity index (χ2v) is 5.77. The van der Waals surface area contributed by atoms with Crippen LogP contribution in [0.1, 0.15) is 28.9 Å². The van der Waals surface area contributed by atoms with Crippen molar-refractivity contribution in [3.05, 3.63) is 40.5 Å². The topological polar surface area (TPSA) is 58.1 Å². The molecule has 1 aliphatic rings. The maximum Gasteiger partial charge on any atom is 0.255 e. The number of anilines is 1. The van der Waals surface area contributed by atoms with Crippen LogP contribution in [0.4, 0.5) is 5.82 Å². The molecule has 0 atom stereocenters. The summed E-state index contributed by atoms with van der Waals surface area (Å²) in [5, 5.41) is 4.97. The highest BCUT2D eigenvalue weighted by atomic mass is 32.1. The standard InChI is InChI=1S/C15H18N4OS/c20-15(17-7-5-12-10-21-11-18-12)13-4-3-6-16-14(13)19-8-1-2-9-19/h3-4,6,10-11H,1-2,5,7-9H2,(H,17,20). The minimum absolute atomic E-state index is 0.0553. The Morgan fingerprint density at radius 3 is 2.95 bits per heavy atom. The van der Waals surface area contributed by atoms with Crippen molar-refractivity contribution in [2.75, 3.05) is 24.5 Å². The van der Waals surface area contributed by atoms with Crippen molar-refractivity contribution >= 4 is 23.1 Å². The van der Waals surface area contributed by atoms with Gasteiger partial charge in [-0.15, -0.1) is 11.3 Å². The first-order valence-electron chi connectivity index (χ1n) is 7.20. The van der Waals surface area contributed by atoms with E-state index in [-0.39, 0.29) is 5.91 Å². The number of rotatable bonds is 5. The molecule has 0 aliphatic carbocycles. The van der Waals surface area contributed by atoms with Gasteiger partial charge in [0.1, 0.15) is 5.82 Å². The van der Waals surface area contributed by atoms with Gasteiger partial charge in [-0.2, -0.15) is 0 Å². The summed E-state index contributed by atoms with van der Waals surface area (Å²) in [5.74, 6) is 0.751. The fourth-order valence-corrected chi connectivity index (χ4v) is 3.11. The molecule has 3 heterocycles. The highest BCUT2D eigenvalue weighted by Gasteiger charge is 2.20. The summed E-state index contributed by atoms with van der Waals surface area (Å²) < 4.78 is 0. The summed E-state index contributed by atoms with van der Waals surface area (Å²) >= 11 is 1.57. The van der Waals surface area contributed by atoms with Crippen LogP contribution in [0.15, 0.2) is 29.2 Å². The van der Waals surface area contributed by atoms with Gasteiger partial charge in [-0.3, -0.25) is 4.79 Å². The maximum atomic E-state index is 12.4. The van der Waals surface area contributed by atoms with Crippen LogP contribution in [0, 0.1) is 0 Å². The van der Waals surface area contributed by atoms with Gasteiger partial charge in [0, 0.05) is 37.6 Å². The van der Waals surface area contributed by atoms with E-state index in [1.54, 1.807) is 17.5 Å². The summed E-state index contributed by atoms with van der Waals surface area (Å²) in [6, 6.07) is 3.66. The third-order valence-electron chi connectivity index (χ3n) is 3.59. The Morgan fingerprint density at radius 1 is 1.33 bits per heavy atom. The molecule has 2 aromatic heterocycles. The lowest BCUT2D eigenvalue weighted by molar-refractivity contribution is 0.0954. The smallest absolute Gasteiger partial charge is 0.255 e. The molecule has 2 aromatic rings. The van der Waals surface area contributed by atoms with Gasteiger partial charge in [0.25, 0.3) is 5.91 Å². The third kappa shape index (κ3) is 3.39. The second-order valence-electron chi connectivity index (χ2n) is 5.05. The number of nitrogens with zero attached hydrogens (tertiary/aromatic N) is 3. The van der Waals surface area contributed by atoms with Crippen molar-refractivity contribution in [3.8, 4) is 0 Å². The Morgan fingerprint density at radius 2 is 2.19 bits per heavy atom. The van der Waals surface area contributed by atoms with Crippen LogP contribution >= 0.6 is 11.3 Å². The van der Waals surface area contributed by atoms with Gasteiger partial charge >= 0.3 is 0 Å². The third-order valence-corrected chi connectivity index (χ3v) is 4.22. The Hall–Kier alpha value is -1.95. The Kier molecular flexibility index (Phi) is 4.45. The molecule has 1 amide bonds. The summed E-state index contributed by atoms with van der Waals surface area (Å²) in [6.45, 7) is 2.56. The average molecular weight is 302 g/mol. The Bertz CT molecular complexity index is 593. The van der Waals surface area contributed by atoms with Crippen LogP contribution in [-0.4, -0.2) is 35.5 Å². The van der Waals surface area contributed by atoms with E-state index in [9.17, 15) is 4.79 Å². The normalized spacial score (nSPS) is 14.4. The molecule has 0 radical (unpaired) electrons. The maximum absolute atomic E-state index is 12.4. The van der Waals surface area contributed by atoms with Crippen LogP contribution in [-0.2, 0) is 6.42 Å². The van der Waals surface area contributed by atoms with E-state index in [0.717, 1.165) is 31.0 Å². The molecule has 0 unspecified atom stereocenters. The second kappa shape index (κ2) is 6.67. The molecule has 1 saturated heterocycles. The molecule has 1 fully saturated rings. The number of aromatic nitrogens is 2. The van der Waals surface area contributed by atoms with E-state index in [1.807, 2.05) is 23.0 Å². The monoisotopic (exact) mass is 302 g/mol. The molecular weight excluding hydrogens is 284 g/mol. The SMILES string of the molecule is O=C(NCCc1cscn1)c1cccnc1N1CCCC1. The predicted molar refractivity (Wildman–Crippen MR) is 83.8 cm³/mol. The minimum Gasteiger partial charge on any atom is -0.356 e. The number of pyridine rings is 1. The van der Waals surface area contributed by atoms with Crippen molar-refractivity contribution in [1.29, 1.82) is 0 Å². The molecular formula is C15H18N4OS. The van der Waals surface area contributed by atoms with E-state index in [1.165, 1.54) is 12.8 Å². The first kappa shape index (κ1) is 14.0. The molecule has 1 aliphatic heterocycles. The number of carbonyl (C=O) groups excluding carboxylic acids is 1. The summed E-state index contributed by atoms with van der Waals surface area (Å²) in [4.78, 5) is 23.2. The number of amides is 1. The summed E-state index contributed by atoms with van der Waals surface area (Å²) in [7, 11) is 0. The van der Waals surface area contributed by atoms with Crippen molar-refractivity contribution in [2.45, 2.75) is 19.3 Å². The van der Waals surface area contributed by atoms with Crippen molar-refractivity contribution in [2.24, 2.45) is 0 Å². The van der Waals surface area contributed by atoms with E-state index in [2.05, 4.69) is 20.2 Å².